The summed E-state index contributed by atoms with van der Waals surface area (Å²) >= 11 is 3.62. The molecule has 4 heterocycles. The Bertz CT molecular complexity index is 3860. The zero-order valence-corrected chi connectivity index (χ0v) is 32.9. The Morgan fingerprint density at radius 2 is 1.03 bits per heavy atom. The summed E-state index contributed by atoms with van der Waals surface area (Å²) in [4.78, 5) is 16.2. The molecule has 0 saturated heterocycles. The molecule has 0 N–H and O–H groups in total. The highest BCUT2D eigenvalue weighted by Gasteiger charge is 2.21. The molecule has 0 bridgehead atoms. The molecular formula is C53H29N3OS2. The fraction of sp³-hybridized carbons (Fsp3) is 0. The topological polar surface area (TPSA) is 51.8 Å². The van der Waals surface area contributed by atoms with Gasteiger partial charge in [0.2, 0.25) is 0 Å². The van der Waals surface area contributed by atoms with E-state index in [9.17, 15) is 0 Å². The largest absolute Gasteiger partial charge is 0.455 e. The molecule has 0 fully saturated rings. The molecule has 4 aromatic heterocycles. The van der Waals surface area contributed by atoms with Crippen LogP contribution in [0.5, 0.6) is 0 Å². The normalized spacial score (nSPS) is 12.1. The van der Waals surface area contributed by atoms with Gasteiger partial charge in [0, 0.05) is 73.2 Å². The SMILES string of the molecule is c1ccc(-c2cc3sc4ccccc4c3cc2-c2nc(-c3ccc4oc5c6ccccc6ccc5c4c3)nc(-c3cccc4c3sc3cc5ccccc5cc34)n2)cc1. The molecule has 274 valence electrons. The molecule has 4 nitrogen and oxygen atoms in total. The van der Waals surface area contributed by atoms with E-state index in [1.54, 1.807) is 11.3 Å². The second-order valence-electron chi connectivity index (χ2n) is 15.1. The van der Waals surface area contributed by atoms with Crippen LogP contribution >= 0.6 is 22.7 Å². The van der Waals surface area contributed by atoms with Gasteiger partial charge in [0.1, 0.15) is 11.2 Å². The van der Waals surface area contributed by atoms with Gasteiger partial charge >= 0.3 is 0 Å². The van der Waals surface area contributed by atoms with E-state index in [0.717, 1.165) is 65.2 Å². The number of nitrogens with zero attached hydrogens (tertiary/aromatic N) is 3. The van der Waals surface area contributed by atoms with Crippen molar-refractivity contribution in [1.82, 2.24) is 15.0 Å². The van der Waals surface area contributed by atoms with Crippen molar-refractivity contribution in [2.75, 3.05) is 0 Å². The van der Waals surface area contributed by atoms with Crippen LogP contribution in [0.25, 0.3) is 129 Å². The summed E-state index contributed by atoms with van der Waals surface area (Å²) in [5.74, 6) is 1.89. The molecule has 0 aliphatic rings. The molecule has 0 aliphatic heterocycles. The lowest BCUT2D eigenvalue weighted by atomic mass is 9.96. The first kappa shape index (κ1) is 32.8. The fourth-order valence-corrected chi connectivity index (χ4v) is 11.2. The highest BCUT2D eigenvalue weighted by atomic mass is 32.1. The second-order valence-corrected chi connectivity index (χ2v) is 17.3. The van der Waals surface area contributed by atoms with Crippen LogP contribution in [-0.4, -0.2) is 15.0 Å². The zero-order valence-electron chi connectivity index (χ0n) is 31.3. The minimum Gasteiger partial charge on any atom is -0.455 e. The Kier molecular flexibility index (Phi) is 7.02. The Labute approximate surface area is 345 Å². The number of rotatable bonds is 4. The van der Waals surface area contributed by atoms with Crippen LogP contribution in [0.3, 0.4) is 0 Å². The van der Waals surface area contributed by atoms with Gasteiger partial charge in [-0.3, -0.25) is 0 Å². The lowest BCUT2D eigenvalue weighted by Gasteiger charge is -2.13. The first-order valence-electron chi connectivity index (χ1n) is 19.7. The predicted molar refractivity (Wildman–Crippen MR) is 250 cm³/mol. The highest BCUT2D eigenvalue weighted by Crippen LogP contribution is 2.44. The van der Waals surface area contributed by atoms with Crippen LogP contribution in [0, 0.1) is 0 Å². The molecule has 0 atom stereocenters. The van der Waals surface area contributed by atoms with Crippen LogP contribution < -0.4 is 0 Å². The van der Waals surface area contributed by atoms with E-state index in [1.165, 1.54) is 46.4 Å². The summed E-state index contributed by atoms with van der Waals surface area (Å²) in [5, 5.41) is 11.7. The van der Waals surface area contributed by atoms with Crippen LogP contribution in [-0.2, 0) is 0 Å². The number of furan rings is 1. The maximum Gasteiger partial charge on any atom is 0.165 e. The average molecular weight is 788 g/mol. The fourth-order valence-electron chi connectivity index (χ4n) is 8.86. The van der Waals surface area contributed by atoms with Crippen molar-refractivity contribution in [3.63, 3.8) is 0 Å². The van der Waals surface area contributed by atoms with E-state index < -0.39 is 0 Å². The monoisotopic (exact) mass is 787 g/mol. The lowest BCUT2D eigenvalue weighted by molar-refractivity contribution is 0.672. The van der Waals surface area contributed by atoms with Crippen molar-refractivity contribution < 1.29 is 4.42 Å². The van der Waals surface area contributed by atoms with Gasteiger partial charge in [-0.1, -0.05) is 115 Å². The Morgan fingerprint density at radius 3 is 1.92 bits per heavy atom. The number of aromatic nitrogens is 3. The Morgan fingerprint density at radius 1 is 0.339 bits per heavy atom. The second kappa shape index (κ2) is 12.6. The summed E-state index contributed by atoms with van der Waals surface area (Å²) in [6.07, 6.45) is 0. The Balaban J connectivity index is 1.10. The molecule has 0 spiro atoms. The van der Waals surface area contributed by atoms with Gasteiger partial charge in [0.25, 0.3) is 0 Å². The van der Waals surface area contributed by atoms with E-state index in [1.807, 2.05) is 11.3 Å². The smallest absolute Gasteiger partial charge is 0.165 e. The predicted octanol–water partition coefficient (Wildman–Crippen LogP) is 15.5. The van der Waals surface area contributed by atoms with Crippen LogP contribution in [0.1, 0.15) is 0 Å². The third kappa shape index (κ3) is 5.10. The van der Waals surface area contributed by atoms with Crippen molar-refractivity contribution in [3.05, 3.63) is 176 Å². The Hall–Kier alpha value is -7.25. The maximum atomic E-state index is 6.53. The molecule has 13 rings (SSSR count). The number of hydrogen-bond acceptors (Lipinski definition) is 6. The van der Waals surface area contributed by atoms with Gasteiger partial charge in [0.05, 0.1) is 0 Å². The van der Waals surface area contributed by atoms with Crippen LogP contribution in [0.4, 0.5) is 0 Å². The summed E-state index contributed by atoms with van der Waals surface area (Å²) in [5.41, 5.74) is 6.77. The van der Waals surface area contributed by atoms with Gasteiger partial charge in [-0.25, -0.2) is 15.0 Å². The van der Waals surface area contributed by atoms with Crippen molar-refractivity contribution in [1.29, 1.82) is 0 Å². The molecule has 0 amide bonds. The van der Waals surface area contributed by atoms with Gasteiger partial charge < -0.3 is 4.42 Å². The molecule has 13 aromatic rings. The van der Waals surface area contributed by atoms with E-state index in [2.05, 4.69) is 176 Å². The minimum absolute atomic E-state index is 0.611. The van der Waals surface area contributed by atoms with E-state index in [-0.39, 0.29) is 0 Å². The molecule has 0 aliphatic carbocycles. The number of benzene rings is 9. The molecule has 6 heteroatoms. The third-order valence-electron chi connectivity index (χ3n) is 11.7. The quantitative estimate of drug-likeness (QED) is 0.178. The first-order chi connectivity index (χ1) is 29.2. The van der Waals surface area contributed by atoms with Gasteiger partial charge in [-0.05, 0) is 87.9 Å². The third-order valence-corrected chi connectivity index (χ3v) is 14.0. The summed E-state index contributed by atoms with van der Waals surface area (Å²) < 4.78 is 11.4. The van der Waals surface area contributed by atoms with E-state index in [4.69, 9.17) is 19.4 Å². The van der Waals surface area contributed by atoms with E-state index >= 15 is 0 Å². The standard InChI is InChI=1S/C53H29N3OS2/c1-2-11-30(12-3-1)40-29-48-43(36-17-8-9-20-46(36)58-48)28-44(40)53-55-51(34-22-24-45-41(26-34)37-23-21-31-13-6-7-16-35(31)49(37)57-45)54-52(56-53)39-19-10-18-38-42-25-32-14-4-5-15-33(32)27-47(42)59-50(38)39/h1-29H. The molecule has 0 unspecified atom stereocenters. The average Bonchev–Trinajstić information content (AvgIpc) is 3.98. The molecule has 0 saturated carbocycles. The summed E-state index contributed by atoms with van der Waals surface area (Å²) in [6.45, 7) is 0. The van der Waals surface area contributed by atoms with Gasteiger partial charge in [-0.15, -0.1) is 22.7 Å². The number of fused-ring (bicyclic) bond motifs is 12. The van der Waals surface area contributed by atoms with Crippen molar-refractivity contribution in [2.45, 2.75) is 0 Å². The zero-order chi connectivity index (χ0) is 38.6. The van der Waals surface area contributed by atoms with Crippen molar-refractivity contribution >= 4 is 107 Å². The highest BCUT2D eigenvalue weighted by molar-refractivity contribution is 7.26. The number of hydrogen-bond donors (Lipinski definition) is 0. The molecule has 0 radical (unpaired) electrons. The van der Waals surface area contributed by atoms with Crippen molar-refractivity contribution in [3.8, 4) is 45.3 Å². The van der Waals surface area contributed by atoms with Crippen LogP contribution in [0.15, 0.2) is 180 Å². The van der Waals surface area contributed by atoms with Crippen LogP contribution in [0.2, 0.25) is 0 Å². The van der Waals surface area contributed by atoms with Gasteiger partial charge in [0.15, 0.2) is 17.5 Å². The molecule has 9 aromatic carbocycles. The molecule has 59 heavy (non-hydrogen) atoms. The van der Waals surface area contributed by atoms with Crippen molar-refractivity contribution in [2.24, 2.45) is 0 Å². The van der Waals surface area contributed by atoms with Gasteiger partial charge in [-0.2, -0.15) is 0 Å². The first-order valence-corrected chi connectivity index (χ1v) is 21.3. The molecular weight excluding hydrogens is 759 g/mol. The lowest BCUT2D eigenvalue weighted by Crippen LogP contribution is -2.01. The maximum absolute atomic E-state index is 6.53. The summed E-state index contributed by atoms with van der Waals surface area (Å²) in [7, 11) is 0. The minimum atomic E-state index is 0.611. The number of thiophene rings is 2. The van der Waals surface area contributed by atoms with E-state index in [0.29, 0.717) is 17.5 Å². The summed E-state index contributed by atoms with van der Waals surface area (Å²) in [6, 6.07) is 62.6.